The molecule has 0 radical (unpaired) electrons. The zero-order chi connectivity index (χ0) is 23.9. The predicted molar refractivity (Wildman–Crippen MR) is 149 cm³/mol. The minimum atomic E-state index is -0.0680. The molecule has 0 bridgehead atoms. The van der Waals surface area contributed by atoms with E-state index in [0.29, 0.717) is 5.56 Å². The van der Waals surface area contributed by atoms with Crippen LogP contribution in [-0.4, -0.2) is 37.0 Å². The van der Waals surface area contributed by atoms with Gasteiger partial charge in [0.15, 0.2) is 0 Å². The molecular weight excluding hydrogens is 470 g/mol. The summed E-state index contributed by atoms with van der Waals surface area (Å²) in [7, 11) is 0. The number of anilines is 2. The highest BCUT2D eigenvalue weighted by Crippen LogP contribution is 2.29. The average Bonchev–Trinajstić information content (AvgIpc) is 3.43. The van der Waals surface area contributed by atoms with Crippen LogP contribution in [0.1, 0.15) is 20.8 Å². The van der Waals surface area contributed by atoms with Crippen molar-refractivity contribution in [2.45, 2.75) is 17.2 Å². The smallest absolute Gasteiger partial charge is 0.256 e. The topological polar surface area (TPSA) is 35.6 Å². The molecule has 0 aliphatic carbocycles. The predicted octanol–water partition coefficient (Wildman–Crippen LogP) is 6.61. The molecule has 2 heterocycles. The molecule has 4 nitrogen and oxygen atoms in total. The Morgan fingerprint density at radius 1 is 0.829 bits per heavy atom. The Morgan fingerprint density at radius 2 is 1.57 bits per heavy atom. The molecule has 1 amide bonds. The Hall–Kier alpha value is -3.06. The normalized spacial score (nSPS) is 14.1. The van der Waals surface area contributed by atoms with Gasteiger partial charge in [-0.15, -0.1) is 23.1 Å². The van der Waals surface area contributed by atoms with Gasteiger partial charge in [0.1, 0.15) is 0 Å². The number of piperazine rings is 1. The average molecular weight is 500 g/mol. The summed E-state index contributed by atoms with van der Waals surface area (Å²) >= 11 is 3.45. The van der Waals surface area contributed by atoms with E-state index >= 15 is 0 Å². The van der Waals surface area contributed by atoms with Gasteiger partial charge in [0.05, 0.1) is 5.56 Å². The number of nitrogens with zero attached hydrogens (tertiary/aromatic N) is 2. The summed E-state index contributed by atoms with van der Waals surface area (Å²) in [6.07, 6.45) is 0. The standard InChI is InChI=1S/C29H29N3OS2/c33-29(27-10-4-5-11-28(27)35-22-26-9-6-20-34-26)30-24-12-14-25(15-13-24)32-18-16-31(17-19-32)21-23-7-2-1-3-8-23/h1-15,20H,16-19,21-22H2,(H,30,33). The Balaban J connectivity index is 1.15. The summed E-state index contributed by atoms with van der Waals surface area (Å²) in [5, 5.41) is 5.17. The quantitative estimate of drug-likeness (QED) is 0.277. The molecule has 4 aromatic rings. The third-order valence-corrected chi connectivity index (χ3v) is 8.37. The second kappa shape index (κ2) is 11.6. The van der Waals surface area contributed by atoms with E-state index in [9.17, 15) is 4.79 Å². The number of hydrogen-bond acceptors (Lipinski definition) is 5. The van der Waals surface area contributed by atoms with Gasteiger partial charge in [-0.3, -0.25) is 9.69 Å². The first-order valence-electron chi connectivity index (χ1n) is 11.9. The number of nitrogens with one attached hydrogen (secondary N) is 1. The van der Waals surface area contributed by atoms with E-state index in [2.05, 4.69) is 75.1 Å². The number of carbonyl (C=O) groups is 1. The zero-order valence-corrected chi connectivity index (χ0v) is 21.2. The highest BCUT2D eigenvalue weighted by Gasteiger charge is 2.18. The second-order valence-electron chi connectivity index (χ2n) is 8.61. The molecule has 0 spiro atoms. The van der Waals surface area contributed by atoms with Crippen molar-refractivity contribution >= 4 is 40.4 Å². The van der Waals surface area contributed by atoms with E-state index < -0.39 is 0 Å². The van der Waals surface area contributed by atoms with Crippen LogP contribution in [0.4, 0.5) is 11.4 Å². The molecule has 1 N–H and O–H groups in total. The maximum absolute atomic E-state index is 13.0. The Morgan fingerprint density at radius 3 is 2.31 bits per heavy atom. The number of thioether (sulfide) groups is 1. The van der Waals surface area contributed by atoms with Crippen LogP contribution in [0.15, 0.2) is 101 Å². The van der Waals surface area contributed by atoms with Crippen molar-refractivity contribution in [1.29, 1.82) is 0 Å². The third kappa shape index (κ3) is 6.34. The third-order valence-electron chi connectivity index (χ3n) is 6.19. The van der Waals surface area contributed by atoms with Gasteiger partial charge in [0.2, 0.25) is 0 Å². The van der Waals surface area contributed by atoms with Crippen molar-refractivity contribution in [3.8, 4) is 0 Å². The van der Waals surface area contributed by atoms with E-state index in [1.165, 1.54) is 16.1 Å². The van der Waals surface area contributed by atoms with Gasteiger partial charge in [-0.1, -0.05) is 48.5 Å². The van der Waals surface area contributed by atoms with Crippen molar-refractivity contribution in [1.82, 2.24) is 4.90 Å². The second-order valence-corrected chi connectivity index (χ2v) is 10.7. The first-order chi connectivity index (χ1) is 17.2. The van der Waals surface area contributed by atoms with Crippen molar-refractivity contribution in [2.75, 3.05) is 36.4 Å². The van der Waals surface area contributed by atoms with Crippen LogP contribution in [0.3, 0.4) is 0 Å². The zero-order valence-electron chi connectivity index (χ0n) is 19.6. The summed E-state index contributed by atoms with van der Waals surface area (Å²) in [4.78, 5) is 20.3. The fraction of sp³-hybridized carbons (Fsp3) is 0.207. The molecule has 5 rings (SSSR count). The molecule has 0 atom stereocenters. The van der Waals surface area contributed by atoms with E-state index in [1.807, 2.05) is 36.4 Å². The largest absolute Gasteiger partial charge is 0.369 e. The van der Waals surface area contributed by atoms with Crippen LogP contribution in [0.2, 0.25) is 0 Å². The summed E-state index contributed by atoms with van der Waals surface area (Å²) in [6, 6.07) is 30.9. The van der Waals surface area contributed by atoms with Crippen molar-refractivity contribution in [2.24, 2.45) is 0 Å². The highest BCUT2D eigenvalue weighted by molar-refractivity contribution is 7.98. The minimum Gasteiger partial charge on any atom is -0.369 e. The maximum Gasteiger partial charge on any atom is 0.256 e. The summed E-state index contributed by atoms with van der Waals surface area (Å²) in [5.74, 6) is 0.802. The van der Waals surface area contributed by atoms with E-state index in [4.69, 9.17) is 0 Å². The van der Waals surface area contributed by atoms with E-state index in [-0.39, 0.29) is 5.91 Å². The van der Waals surface area contributed by atoms with Crippen molar-refractivity contribution in [3.63, 3.8) is 0 Å². The molecular formula is C29H29N3OS2. The van der Waals surface area contributed by atoms with Gasteiger partial charge in [-0.25, -0.2) is 0 Å². The first-order valence-corrected chi connectivity index (χ1v) is 13.8. The molecule has 1 aliphatic rings. The lowest BCUT2D eigenvalue weighted by Crippen LogP contribution is -2.45. The summed E-state index contributed by atoms with van der Waals surface area (Å²) < 4.78 is 0. The van der Waals surface area contributed by atoms with Crippen LogP contribution in [-0.2, 0) is 12.3 Å². The molecule has 6 heteroatoms. The van der Waals surface area contributed by atoms with Gasteiger partial charge in [-0.05, 0) is 53.4 Å². The van der Waals surface area contributed by atoms with Gasteiger partial charge in [0.25, 0.3) is 5.91 Å². The van der Waals surface area contributed by atoms with Crippen LogP contribution in [0.5, 0.6) is 0 Å². The number of thiophene rings is 1. The minimum absolute atomic E-state index is 0.0680. The number of amides is 1. The molecule has 0 saturated carbocycles. The number of benzene rings is 3. The number of hydrogen-bond donors (Lipinski definition) is 1. The van der Waals surface area contributed by atoms with Crippen molar-refractivity contribution < 1.29 is 4.79 Å². The molecule has 1 fully saturated rings. The lowest BCUT2D eigenvalue weighted by molar-refractivity contribution is 0.102. The summed E-state index contributed by atoms with van der Waals surface area (Å²) in [6.45, 7) is 5.12. The molecule has 1 aromatic heterocycles. The highest BCUT2D eigenvalue weighted by atomic mass is 32.2. The Bertz CT molecular complexity index is 1220. The molecule has 0 unspecified atom stereocenters. The molecule has 35 heavy (non-hydrogen) atoms. The van der Waals surface area contributed by atoms with E-state index in [1.54, 1.807) is 23.1 Å². The number of carbonyl (C=O) groups excluding carboxylic acids is 1. The van der Waals surface area contributed by atoms with Crippen LogP contribution in [0.25, 0.3) is 0 Å². The summed E-state index contributed by atoms with van der Waals surface area (Å²) in [5.41, 5.74) is 4.11. The molecule has 178 valence electrons. The monoisotopic (exact) mass is 499 g/mol. The van der Waals surface area contributed by atoms with Crippen molar-refractivity contribution in [3.05, 3.63) is 112 Å². The fourth-order valence-corrected chi connectivity index (χ4v) is 6.11. The van der Waals surface area contributed by atoms with Crippen LogP contribution < -0.4 is 10.2 Å². The molecule has 3 aromatic carbocycles. The Kier molecular flexibility index (Phi) is 7.83. The van der Waals surface area contributed by atoms with E-state index in [0.717, 1.165) is 49.1 Å². The van der Waals surface area contributed by atoms with Gasteiger partial charge in [0, 0.05) is 59.6 Å². The lowest BCUT2D eigenvalue weighted by atomic mass is 10.1. The molecule has 1 saturated heterocycles. The van der Waals surface area contributed by atoms with Crippen LogP contribution >= 0.6 is 23.1 Å². The van der Waals surface area contributed by atoms with Gasteiger partial charge < -0.3 is 10.2 Å². The lowest BCUT2D eigenvalue weighted by Gasteiger charge is -2.36. The Labute approximate surface area is 215 Å². The fourth-order valence-electron chi connectivity index (χ4n) is 4.28. The first kappa shape index (κ1) is 23.7. The SMILES string of the molecule is O=C(Nc1ccc(N2CCN(Cc3ccccc3)CC2)cc1)c1ccccc1SCc1cccs1. The van der Waals surface area contributed by atoms with Crippen LogP contribution in [0, 0.1) is 0 Å². The van der Waals surface area contributed by atoms with Gasteiger partial charge in [-0.2, -0.15) is 0 Å². The maximum atomic E-state index is 13.0. The molecule has 1 aliphatic heterocycles. The van der Waals surface area contributed by atoms with Gasteiger partial charge >= 0.3 is 0 Å². The number of rotatable bonds is 8.